The molecule has 0 radical (unpaired) electrons. The third-order valence-corrected chi connectivity index (χ3v) is 3.35. The summed E-state index contributed by atoms with van der Waals surface area (Å²) in [6.45, 7) is 2.06. The quantitative estimate of drug-likeness (QED) is 0.769. The zero-order valence-electron chi connectivity index (χ0n) is 8.28. The van der Waals surface area contributed by atoms with Gasteiger partial charge in [0.15, 0.2) is 0 Å². The second-order valence-electron chi connectivity index (χ2n) is 3.71. The zero-order chi connectivity index (χ0) is 9.64. The Kier molecular flexibility index (Phi) is 3.72. The van der Waals surface area contributed by atoms with Crippen LogP contribution in [0.3, 0.4) is 0 Å². The van der Waals surface area contributed by atoms with Crippen LogP contribution in [0.15, 0.2) is 23.7 Å². The van der Waals surface area contributed by atoms with Gasteiger partial charge in [-0.15, -0.1) is 11.3 Å². The minimum atomic E-state index is 0.833. The van der Waals surface area contributed by atoms with Crippen molar-refractivity contribution in [2.24, 2.45) is 5.92 Å². The summed E-state index contributed by atoms with van der Waals surface area (Å²) in [6, 6.07) is 0. The summed E-state index contributed by atoms with van der Waals surface area (Å²) in [5.74, 6) is 0.833. The average Bonchev–Trinajstić information content (AvgIpc) is 2.72. The fraction of sp³-hybridized carbons (Fsp3) is 0.545. The molecule has 0 bridgehead atoms. The molecule has 14 heavy (non-hydrogen) atoms. The normalized spacial score (nSPS) is 21.3. The van der Waals surface area contributed by atoms with E-state index < -0.39 is 0 Å². The van der Waals surface area contributed by atoms with Crippen LogP contribution in [0.5, 0.6) is 0 Å². The zero-order valence-corrected chi connectivity index (χ0v) is 9.09. The molecule has 2 nitrogen and oxygen atoms in total. The van der Waals surface area contributed by atoms with Gasteiger partial charge >= 0.3 is 0 Å². The molecule has 0 aliphatic heterocycles. The van der Waals surface area contributed by atoms with Crippen molar-refractivity contribution in [1.29, 1.82) is 0 Å². The maximum Gasteiger partial charge on any atom is 0.106 e. The van der Waals surface area contributed by atoms with Crippen LogP contribution in [0.2, 0.25) is 0 Å². The van der Waals surface area contributed by atoms with Gasteiger partial charge < -0.3 is 5.32 Å². The van der Waals surface area contributed by atoms with Gasteiger partial charge in [0.1, 0.15) is 5.01 Å². The van der Waals surface area contributed by atoms with E-state index in [9.17, 15) is 0 Å². The molecule has 0 aromatic carbocycles. The molecule has 1 aliphatic carbocycles. The lowest BCUT2D eigenvalue weighted by Gasteiger charge is -2.17. The number of nitrogens with zero attached hydrogens (tertiary/aromatic N) is 1. The van der Waals surface area contributed by atoms with Crippen LogP contribution in [0.1, 0.15) is 24.3 Å². The molecular weight excluding hydrogens is 192 g/mol. The van der Waals surface area contributed by atoms with Crippen LogP contribution in [0.4, 0.5) is 0 Å². The van der Waals surface area contributed by atoms with E-state index in [1.54, 1.807) is 11.3 Å². The Morgan fingerprint density at radius 2 is 2.50 bits per heavy atom. The van der Waals surface area contributed by atoms with Crippen LogP contribution in [-0.2, 0) is 6.54 Å². The molecule has 1 aromatic rings. The third-order valence-electron chi connectivity index (χ3n) is 2.57. The molecule has 0 saturated heterocycles. The lowest BCUT2D eigenvalue weighted by molar-refractivity contribution is 0.440. The van der Waals surface area contributed by atoms with Crippen LogP contribution >= 0.6 is 11.3 Å². The van der Waals surface area contributed by atoms with Crippen molar-refractivity contribution < 1.29 is 0 Å². The van der Waals surface area contributed by atoms with Crippen molar-refractivity contribution in [2.45, 2.75) is 25.8 Å². The van der Waals surface area contributed by atoms with E-state index >= 15 is 0 Å². The second-order valence-corrected chi connectivity index (χ2v) is 4.69. The topological polar surface area (TPSA) is 24.9 Å². The van der Waals surface area contributed by atoms with Crippen LogP contribution in [0, 0.1) is 5.92 Å². The molecule has 1 unspecified atom stereocenters. The Labute approximate surface area is 89.1 Å². The fourth-order valence-corrected chi connectivity index (χ4v) is 2.35. The standard InChI is InChI=1S/C11H16N2S/c1-2-4-10(5-3-1)8-12-9-11-13-6-7-14-11/h1-2,6-7,10,12H,3-5,8-9H2. The summed E-state index contributed by atoms with van der Waals surface area (Å²) in [6.07, 6.45) is 10.3. The van der Waals surface area contributed by atoms with E-state index in [2.05, 4.69) is 22.5 Å². The van der Waals surface area contributed by atoms with Gasteiger partial charge in [-0.25, -0.2) is 4.98 Å². The van der Waals surface area contributed by atoms with E-state index in [-0.39, 0.29) is 0 Å². The predicted octanol–water partition coefficient (Wildman–Crippen LogP) is 2.59. The molecule has 2 rings (SSSR count). The minimum Gasteiger partial charge on any atom is -0.310 e. The number of allylic oxidation sites excluding steroid dienone is 2. The maximum absolute atomic E-state index is 4.24. The second kappa shape index (κ2) is 5.27. The van der Waals surface area contributed by atoms with Gasteiger partial charge in [0.05, 0.1) is 0 Å². The Balaban J connectivity index is 1.65. The van der Waals surface area contributed by atoms with Crippen molar-refractivity contribution in [2.75, 3.05) is 6.54 Å². The van der Waals surface area contributed by atoms with Gasteiger partial charge in [0.2, 0.25) is 0 Å². The van der Waals surface area contributed by atoms with E-state index in [4.69, 9.17) is 0 Å². The number of rotatable bonds is 4. The van der Waals surface area contributed by atoms with Gasteiger partial charge in [-0.3, -0.25) is 0 Å². The summed E-state index contributed by atoms with van der Waals surface area (Å²) in [5.41, 5.74) is 0. The highest BCUT2D eigenvalue weighted by Crippen LogP contribution is 2.17. The molecule has 3 heteroatoms. The highest BCUT2D eigenvalue weighted by molar-refractivity contribution is 7.09. The first-order chi connectivity index (χ1) is 6.95. The van der Waals surface area contributed by atoms with Crippen LogP contribution in [-0.4, -0.2) is 11.5 Å². The minimum absolute atomic E-state index is 0.833. The highest BCUT2D eigenvalue weighted by Gasteiger charge is 2.08. The lowest BCUT2D eigenvalue weighted by Crippen LogP contribution is -2.23. The summed E-state index contributed by atoms with van der Waals surface area (Å²) in [4.78, 5) is 4.24. The van der Waals surface area contributed by atoms with Gasteiger partial charge in [0.25, 0.3) is 0 Å². The first-order valence-electron chi connectivity index (χ1n) is 5.19. The monoisotopic (exact) mass is 208 g/mol. The average molecular weight is 208 g/mol. The highest BCUT2D eigenvalue weighted by atomic mass is 32.1. The summed E-state index contributed by atoms with van der Waals surface area (Å²) in [5, 5.41) is 6.69. The van der Waals surface area contributed by atoms with Crippen molar-refractivity contribution in [3.05, 3.63) is 28.7 Å². The molecule has 1 aliphatic rings. The molecule has 0 amide bonds. The molecule has 76 valence electrons. The fourth-order valence-electron chi connectivity index (χ4n) is 1.77. The smallest absolute Gasteiger partial charge is 0.106 e. The van der Waals surface area contributed by atoms with E-state index in [1.165, 1.54) is 24.3 Å². The Hall–Kier alpha value is -0.670. The summed E-state index contributed by atoms with van der Waals surface area (Å²) >= 11 is 1.72. The molecule has 1 N–H and O–H groups in total. The van der Waals surface area contributed by atoms with Crippen molar-refractivity contribution >= 4 is 11.3 Å². The molecule has 0 fully saturated rings. The van der Waals surface area contributed by atoms with E-state index in [0.29, 0.717) is 0 Å². The van der Waals surface area contributed by atoms with Crippen LogP contribution in [0.25, 0.3) is 0 Å². The molecule has 0 spiro atoms. The first-order valence-corrected chi connectivity index (χ1v) is 6.07. The van der Waals surface area contributed by atoms with E-state index in [0.717, 1.165) is 19.0 Å². The van der Waals surface area contributed by atoms with Crippen molar-refractivity contribution in [3.8, 4) is 0 Å². The first kappa shape index (κ1) is 9.87. The van der Waals surface area contributed by atoms with E-state index in [1.807, 2.05) is 11.6 Å². The van der Waals surface area contributed by atoms with Gasteiger partial charge in [-0.1, -0.05) is 12.2 Å². The lowest BCUT2D eigenvalue weighted by atomic mass is 9.94. The van der Waals surface area contributed by atoms with Crippen molar-refractivity contribution in [3.63, 3.8) is 0 Å². The molecule has 0 saturated carbocycles. The molecule has 1 aromatic heterocycles. The van der Waals surface area contributed by atoms with Gasteiger partial charge in [0, 0.05) is 18.1 Å². The van der Waals surface area contributed by atoms with Crippen molar-refractivity contribution in [1.82, 2.24) is 10.3 Å². The Morgan fingerprint density at radius 1 is 1.50 bits per heavy atom. The van der Waals surface area contributed by atoms with Gasteiger partial charge in [-0.2, -0.15) is 0 Å². The third kappa shape index (κ3) is 2.93. The summed E-state index contributed by atoms with van der Waals surface area (Å²) in [7, 11) is 0. The SMILES string of the molecule is C1=CCC(CNCc2nccs2)CC1. The number of aromatic nitrogens is 1. The Morgan fingerprint density at radius 3 is 3.21 bits per heavy atom. The number of hydrogen-bond acceptors (Lipinski definition) is 3. The van der Waals surface area contributed by atoms with Crippen LogP contribution < -0.4 is 5.32 Å². The largest absolute Gasteiger partial charge is 0.310 e. The maximum atomic E-state index is 4.24. The predicted molar refractivity (Wildman–Crippen MR) is 60.3 cm³/mol. The summed E-state index contributed by atoms with van der Waals surface area (Å²) < 4.78 is 0. The van der Waals surface area contributed by atoms with Gasteiger partial charge in [-0.05, 0) is 31.7 Å². The molecule has 1 heterocycles. The number of nitrogens with one attached hydrogen (secondary N) is 1. The number of hydrogen-bond donors (Lipinski definition) is 1. The molecular formula is C11H16N2S. The number of thiazole rings is 1. The Bertz CT molecular complexity index is 279. The molecule has 1 atom stereocenters.